The lowest BCUT2D eigenvalue weighted by Gasteiger charge is -2.26. The van der Waals surface area contributed by atoms with E-state index in [-0.39, 0.29) is 0 Å². The summed E-state index contributed by atoms with van der Waals surface area (Å²) < 4.78 is 0. The fourth-order valence-electron chi connectivity index (χ4n) is 2.01. The second kappa shape index (κ2) is 6.38. The molecule has 0 aliphatic carbocycles. The summed E-state index contributed by atoms with van der Waals surface area (Å²) in [5, 5.41) is 3.54. The van der Waals surface area contributed by atoms with Gasteiger partial charge in [0.1, 0.15) is 0 Å². The topological polar surface area (TPSA) is 12.0 Å². The molecule has 0 aromatic heterocycles. The van der Waals surface area contributed by atoms with Crippen LogP contribution in [-0.4, -0.2) is 12.6 Å². The van der Waals surface area contributed by atoms with Gasteiger partial charge in [-0.3, -0.25) is 0 Å². The fraction of sp³-hybridized carbons (Fsp3) is 0.647. The summed E-state index contributed by atoms with van der Waals surface area (Å²) in [6.07, 6.45) is 2.41. The molecule has 0 saturated carbocycles. The van der Waals surface area contributed by atoms with E-state index >= 15 is 0 Å². The summed E-state index contributed by atoms with van der Waals surface area (Å²) in [5.41, 5.74) is 4.63. The Morgan fingerprint density at radius 3 is 2.33 bits per heavy atom. The Morgan fingerprint density at radius 2 is 1.78 bits per heavy atom. The van der Waals surface area contributed by atoms with E-state index in [1.165, 1.54) is 29.5 Å². The summed E-state index contributed by atoms with van der Waals surface area (Å²) in [5.74, 6) is 0. The monoisotopic (exact) mass is 247 g/mol. The molecule has 1 heteroatoms. The molecule has 0 bridgehead atoms. The Hall–Kier alpha value is -0.820. The maximum atomic E-state index is 3.54. The molecule has 1 N–H and O–H groups in total. The lowest BCUT2D eigenvalue weighted by Crippen LogP contribution is -2.34. The second-order valence-electron chi connectivity index (χ2n) is 6.62. The van der Waals surface area contributed by atoms with E-state index in [0.717, 1.165) is 6.54 Å². The van der Waals surface area contributed by atoms with Gasteiger partial charge in [0.05, 0.1) is 0 Å². The molecule has 0 spiro atoms. The maximum absolute atomic E-state index is 3.54. The van der Waals surface area contributed by atoms with Gasteiger partial charge in [-0.05, 0) is 48.8 Å². The molecule has 1 nitrogen and oxygen atoms in total. The summed E-state index contributed by atoms with van der Waals surface area (Å²) >= 11 is 0. The number of nitrogens with one attached hydrogen (secondary N) is 1. The van der Waals surface area contributed by atoms with Gasteiger partial charge in [-0.25, -0.2) is 0 Å². The smallest absolute Gasteiger partial charge is 0.00106 e. The van der Waals surface area contributed by atoms with Crippen LogP contribution in [0.2, 0.25) is 0 Å². The first-order valence-corrected chi connectivity index (χ1v) is 7.10. The minimum absolute atomic E-state index is 0.364. The number of hydrogen-bond donors (Lipinski definition) is 1. The van der Waals surface area contributed by atoms with E-state index in [1.54, 1.807) is 0 Å². The Balaban J connectivity index is 2.50. The molecule has 1 aromatic rings. The molecule has 18 heavy (non-hydrogen) atoms. The zero-order valence-electron chi connectivity index (χ0n) is 12.9. The average molecular weight is 247 g/mol. The van der Waals surface area contributed by atoms with Crippen LogP contribution in [0, 0.1) is 19.3 Å². The third-order valence-corrected chi connectivity index (χ3v) is 3.65. The van der Waals surface area contributed by atoms with E-state index in [9.17, 15) is 0 Å². The van der Waals surface area contributed by atoms with Gasteiger partial charge < -0.3 is 5.32 Å². The average Bonchev–Trinajstić information content (AvgIpc) is 2.28. The van der Waals surface area contributed by atoms with Gasteiger partial charge in [-0.15, -0.1) is 0 Å². The lowest BCUT2D eigenvalue weighted by molar-refractivity contribution is 0.304. The predicted molar refractivity (Wildman–Crippen MR) is 81.2 cm³/mol. The van der Waals surface area contributed by atoms with Gasteiger partial charge in [-0.2, -0.15) is 0 Å². The highest BCUT2D eigenvalue weighted by Gasteiger charge is 2.17. The first-order valence-electron chi connectivity index (χ1n) is 7.10. The van der Waals surface area contributed by atoms with Crippen molar-refractivity contribution in [2.75, 3.05) is 6.54 Å². The minimum atomic E-state index is 0.364. The maximum Gasteiger partial charge on any atom is 0.00106 e. The molecule has 102 valence electrons. The van der Waals surface area contributed by atoms with E-state index in [4.69, 9.17) is 0 Å². The first-order chi connectivity index (χ1) is 8.30. The Morgan fingerprint density at radius 1 is 1.11 bits per heavy atom. The van der Waals surface area contributed by atoms with Crippen LogP contribution < -0.4 is 5.32 Å². The zero-order chi connectivity index (χ0) is 13.8. The van der Waals surface area contributed by atoms with Crippen molar-refractivity contribution in [3.8, 4) is 0 Å². The first kappa shape index (κ1) is 15.2. The van der Waals surface area contributed by atoms with Crippen LogP contribution in [0.25, 0.3) is 0 Å². The fourth-order valence-corrected chi connectivity index (χ4v) is 2.01. The van der Waals surface area contributed by atoms with Crippen molar-refractivity contribution in [1.29, 1.82) is 0 Å². The summed E-state index contributed by atoms with van der Waals surface area (Å²) in [6, 6.07) is 7.42. The van der Waals surface area contributed by atoms with Crippen molar-refractivity contribution in [3.63, 3.8) is 0 Å². The van der Waals surface area contributed by atoms with Crippen LogP contribution in [0.1, 0.15) is 50.8 Å². The van der Waals surface area contributed by atoms with Crippen molar-refractivity contribution in [2.24, 2.45) is 5.41 Å². The summed E-state index contributed by atoms with van der Waals surface area (Å²) in [4.78, 5) is 0. The lowest BCUT2D eigenvalue weighted by atomic mass is 9.85. The van der Waals surface area contributed by atoms with Crippen LogP contribution in [0.15, 0.2) is 18.2 Å². The Bertz CT molecular complexity index is 377. The second-order valence-corrected chi connectivity index (χ2v) is 6.62. The van der Waals surface area contributed by atoms with Crippen LogP contribution in [-0.2, 0) is 6.42 Å². The van der Waals surface area contributed by atoms with Crippen molar-refractivity contribution in [3.05, 3.63) is 34.9 Å². The molecule has 0 fully saturated rings. The number of aryl methyl sites for hydroxylation is 3. The summed E-state index contributed by atoms with van der Waals surface area (Å²) in [7, 11) is 0. The number of hydrogen-bond acceptors (Lipinski definition) is 1. The molecule has 1 rings (SSSR count). The highest BCUT2D eigenvalue weighted by atomic mass is 14.9. The molecule has 0 saturated heterocycles. The molecule has 0 heterocycles. The van der Waals surface area contributed by atoms with Crippen molar-refractivity contribution in [1.82, 2.24) is 5.32 Å². The van der Waals surface area contributed by atoms with Gasteiger partial charge >= 0.3 is 0 Å². The van der Waals surface area contributed by atoms with E-state index < -0.39 is 0 Å². The summed E-state index contributed by atoms with van der Waals surface area (Å²) in [6.45, 7) is 14.6. The zero-order valence-corrected chi connectivity index (χ0v) is 12.9. The molecule has 0 aliphatic rings. The number of benzene rings is 1. The highest BCUT2D eigenvalue weighted by Crippen LogP contribution is 2.23. The highest BCUT2D eigenvalue weighted by molar-refractivity contribution is 5.30. The van der Waals surface area contributed by atoms with Gasteiger partial charge in [-0.1, -0.05) is 45.9 Å². The Labute approximate surface area is 113 Å². The number of rotatable bonds is 6. The van der Waals surface area contributed by atoms with Crippen LogP contribution in [0.4, 0.5) is 0 Å². The molecule has 0 amide bonds. The normalized spacial score (nSPS) is 12.2. The van der Waals surface area contributed by atoms with Crippen molar-refractivity contribution >= 4 is 0 Å². The molecule has 0 aliphatic heterocycles. The quantitative estimate of drug-likeness (QED) is 0.792. The largest absolute Gasteiger partial charge is 0.314 e. The molecule has 0 atom stereocenters. The SMILES string of the molecule is Cc1ccc(CCC(C)(C)CNC(C)C)cc1C. The third kappa shape index (κ3) is 5.22. The van der Waals surface area contributed by atoms with Gasteiger partial charge in [0.25, 0.3) is 0 Å². The van der Waals surface area contributed by atoms with Gasteiger partial charge in [0.2, 0.25) is 0 Å². The van der Waals surface area contributed by atoms with E-state index in [1.807, 2.05) is 0 Å². The van der Waals surface area contributed by atoms with Crippen LogP contribution >= 0.6 is 0 Å². The van der Waals surface area contributed by atoms with Crippen LogP contribution in [0.5, 0.6) is 0 Å². The molecule has 0 unspecified atom stereocenters. The minimum Gasteiger partial charge on any atom is -0.314 e. The Kier molecular flexibility index (Phi) is 5.40. The molecular weight excluding hydrogens is 218 g/mol. The molecule has 0 radical (unpaired) electrons. The van der Waals surface area contributed by atoms with Gasteiger partial charge in [0.15, 0.2) is 0 Å². The van der Waals surface area contributed by atoms with Crippen molar-refractivity contribution < 1.29 is 0 Å². The molecular formula is C17H29N. The van der Waals surface area contributed by atoms with Crippen molar-refractivity contribution in [2.45, 2.75) is 60.4 Å². The predicted octanol–water partition coefficient (Wildman–Crippen LogP) is 4.26. The third-order valence-electron chi connectivity index (χ3n) is 3.65. The van der Waals surface area contributed by atoms with E-state index in [2.05, 4.69) is 65.1 Å². The van der Waals surface area contributed by atoms with Gasteiger partial charge in [0, 0.05) is 12.6 Å². The van der Waals surface area contributed by atoms with E-state index in [0.29, 0.717) is 11.5 Å². The molecule has 1 aromatic carbocycles. The standard InChI is InChI=1S/C17H29N/c1-13(2)18-12-17(5,6)10-9-16-8-7-14(3)15(4)11-16/h7-8,11,13,18H,9-10,12H2,1-6H3. The van der Waals surface area contributed by atoms with Crippen LogP contribution in [0.3, 0.4) is 0 Å².